The molecule has 144 valence electrons. The molecule has 2 nitrogen and oxygen atoms in total. The van der Waals surface area contributed by atoms with Gasteiger partial charge < -0.3 is 0 Å². The third-order valence-electron chi connectivity index (χ3n) is 9.52. The largest absolute Gasteiger partial charge is 0.299 e. The number of fused-ring (bicyclic) bond motifs is 5. The Morgan fingerprint density at radius 3 is 2.70 bits per heavy atom. The van der Waals surface area contributed by atoms with Crippen molar-refractivity contribution in [1.82, 2.24) is 4.98 Å². The normalized spacial score (nSPS) is 46.3. The van der Waals surface area contributed by atoms with Gasteiger partial charge in [-0.2, -0.15) is 0 Å². The highest BCUT2D eigenvalue weighted by atomic mass is 16.1. The van der Waals surface area contributed by atoms with Crippen LogP contribution in [0.4, 0.5) is 0 Å². The topological polar surface area (TPSA) is 30.0 Å². The second-order valence-corrected chi connectivity index (χ2v) is 10.4. The standard InChI is InChI=1S/C25H33NO/c1-16-19-7-6-18-21-9-8-20(17-5-4-14-26-15-17)25(21,3)12-10-22(18)24(19,2)13-11-23(16)27/h4-5,8,14-16,18-19,21-22H,6-7,9-13H2,1-3H3/t16?,18-,19?,21-,22-,24-,25+/m0/s1. The van der Waals surface area contributed by atoms with E-state index in [0.29, 0.717) is 22.5 Å². The molecule has 27 heavy (non-hydrogen) atoms. The molecule has 1 aromatic rings. The van der Waals surface area contributed by atoms with Crippen LogP contribution in [0.3, 0.4) is 0 Å². The van der Waals surface area contributed by atoms with Crippen molar-refractivity contribution in [1.29, 1.82) is 0 Å². The van der Waals surface area contributed by atoms with Crippen molar-refractivity contribution in [2.24, 2.45) is 40.4 Å². The highest BCUT2D eigenvalue weighted by molar-refractivity contribution is 5.82. The van der Waals surface area contributed by atoms with Gasteiger partial charge in [-0.1, -0.05) is 32.9 Å². The maximum Gasteiger partial charge on any atom is 0.136 e. The van der Waals surface area contributed by atoms with Crippen LogP contribution in [0.25, 0.3) is 5.57 Å². The summed E-state index contributed by atoms with van der Waals surface area (Å²) in [4.78, 5) is 16.8. The molecule has 0 N–H and O–H groups in total. The van der Waals surface area contributed by atoms with Gasteiger partial charge in [0.15, 0.2) is 0 Å². The number of pyridine rings is 1. The zero-order valence-electron chi connectivity index (χ0n) is 17.1. The van der Waals surface area contributed by atoms with Gasteiger partial charge in [0.2, 0.25) is 0 Å². The van der Waals surface area contributed by atoms with E-state index in [2.05, 4.69) is 50.2 Å². The second-order valence-electron chi connectivity index (χ2n) is 10.4. The maximum atomic E-state index is 12.4. The highest BCUT2D eigenvalue weighted by Crippen LogP contribution is 2.67. The van der Waals surface area contributed by atoms with Gasteiger partial charge in [0.25, 0.3) is 0 Å². The van der Waals surface area contributed by atoms with Crippen LogP contribution < -0.4 is 0 Å². The first-order valence-electron chi connectivity index (χ1n) is 11.1. The van der Waals surface area contributed by atoms with Gasteiger partial charge in [-0.15, -0.1) is 0 Å². The van der Waals surface area contributed by atoms with Crippen LogP contribution >= 0.6 is 0 Å². The zero-order valence-corrected chi connectivity index (χ0v) is 17.1. The molecule has 0 aromatic carbocycles. The second kappa shape index (κ2) is 6.03. The first kappa shape index (κ1) is 17.6. The molecule has 0 amide bonds. The van der Waals surface area contributed by atoms with Crippen LogP contribution in [0.15, 0.2) is 30.6 Å². The van der Waals surface area contributed by atoms with Gasteiger partial charge >= 0.3 is 0 Å². The third kappa shape index (κ3) is 2.37. The van der Waals surface area contributed by atoms with Crippen molar-refractivity contribution in [3.8, 4) is 0 Å². The Hall–Kier alpha value is -1.44. The summed E-state index contributed by atoms with van der Waals surface area (Å²) in [5, 5.41) is 0. The van der Waals surface area contributed by atoms with Gasteiger partial charge in [0.1, 0.15) is 5.78 Å². The lowest BCUT2D eigenvalue weighted by molar-refractivity contribution is -0.146. The molecule has 3 saturated carbocycles. The van der Waals surface area contributed by atoms with Gasteiger partial charge in [0, 0.05) is 24.7 Å². The molecule has 2 unspecified atom stereocenters. The molecule has 0 aliphatic heterocycles. The Balaban J connectivity index is 1.46. The number of rotatable bonds is 1. The number of ketones is 1. The van der Waals surface area contributed by atoms with Crippen LogP contribution in [0, 0.1) is 40.4 Å². The minimum Gasteiger partial charge on any atom is -0.299 e. The Morgan fingerprint density at radius 1 is 1.07 bits per heavy atom. The molecule has 2 heteroatoms. The molecule has 4 aliphatic carbocycles. The average molecular weight is 364 g/mol. The summed E-state index contributed by atoms with van der Waals surface area (Å²) >= 11 is 0. The molecule has 0 spiro atoms. The van der Waals surface area contributed by atoms with E-state index in [4.69, 9.17) is 0 Å². The summed E-state index contributed by atoms with van der Waals surface area (Å²) in [5.74, 6) is 3.85. The van der Waals surface area contributed by atoms with Crippen LogP contribution in [0.2, 0.25) is 0 Å². The van der Waals surface area contributed by atoms with Crippen molar-refractivity contribution in [3.63, 3.8) is 0 Å². The number of aromatic nitrogens is 1. The van der Waals surface area contributed by atoms with Crippen LogP contribution in [-0.4, -0.2) is 10.8 Å². The summed E-state index contributed by atoms with van der Waals surface area (Å²) in [6.07, 6.45) is 14.9. The zero-order chi connectivity index (χ0) is 18.8. The average Bonchev–Trinajstić information content (AvgIpc) is 3.03. The molecule has 5 rings (SSSR count). The van der Waals surface area contributed by atoms with E-state index in [9.17, 15) is 4.79 Å². The molecule has 0 saturated heterocycles. The Kier molecular flexibility index (Phi) is 3.94. The van der Waals surface area contributed by atoms with Gasteiger partial charge in [-0.3, -0.25) is 9.78 Å². The van der Waals surface area contributed by atoms with Crippen LogP contribution in [0.1, 0.15) is 71.3 Å². The van der Waals surface area contributed by atoms with Gasteiger partial charge in [0.05, 0.1) is 0 Å². The van der Waals surface area contributed by atoms with Crippen molar-refractivity contribution in [2.75, 3.05) is 0 Å². The van der Waals surface area contributed by atoms with E-state index < -0.39 is 0 Å². The van der Waals surface area contributed by atoms with E-state index >= 15 is 0 Å². The molecular formula is C25H33NO. The van der Waals surface area contributed by atoms with Crippen molar-refractivity contribution < 1.29 is 4.79 Å². The first-order valence-corrected chi connectivity index (χ1v) is 11.1. The summed E-state index contributed by atoms with van der Waals surface area (Å²) in [7, 11) is 0. The lowest BCUT2D eigenvalue weighted by atomic mass is 9.43. The molecule has 1 heterocycles. The monoisotopic (exact) mass is 363 g/mol. The molecule has 0 bridgehead atoms. The molecule has 0 radical (unpaired) electrons. The van der Waals surface area contributed by atoms with E-state index in [0.717, 1.165) is 30.6 Å². The van der Waals surface area contributed by atoms with E-state index in [1.54, 1.807) is 5.57 Å². The number of nitrogens with zero attached hydrogens (tertiary/aromatic N) is 1. The van der Waals surface area contributed by atoms with E-state index in [1.807, 2.05) is 6.20 Å². The van der Waals surface area contributed by atoms with Gasteiger partial charge in [-0.05, 0) is 90.2 Å². The Bertz CT molecular complexity index is 783. The highest BCUT2D eigenvalue weighted by Gasteiger charge is 2.59. The lowest BCUT2D eigenvalue weighted by Gasteiger charge is -2.61. The van der Waals surface area contributed by atoms with E-state index in [1.165, 1.54) is 37.7 Å². The van der Waals surface area contributed by atoms with Crippen LogP contribution in [0.5, 0.6) is 0 Å². The van der Waals surface area contributed by atoms with Crippen molar-refractivity contribution in [3.05, 3.63) is 36.2 Å². The third-order valence-corrected chi connectivity index (χ3v) is 9.52. The number of carbonyl (C=O) groups is 1. The molecule has 3 fully saturated rings. The fourth-order valence-corrected chi connectivity index (χ4v) is 8.06. The van der Waals surface area contributed by atoms with Gasteiger partial charge in [-0.25, -0.2) is 0 Å². The SMILES string of the molecule is CC1C(=O)CC[C@@]2(C)C1CC[C@@H]1[C@@H]2CC[C@]2(C)C(c3cccnc3)=CC[C@@H]12. The Morgan fingerprint density at radius 2 is 1.93 bits per heavy atom. The molecular weight excluding hydrogens is 330 g/mol. The smallest absolute Gasteiger partial charge is 0.136 e. The minimum absolute atomic E-state index is 0.283. The van der Waals surface area contributed by atoms with E-state index in [-0.39, 0.29) is 5.92 Å². The number of carbonyl (C=O) groups excluding carboxylic acids is 1. The van der Waals surface area contributed by atoms with Crippen molar-refractivity contribution in [2.45, 2.75) is 65.7 Å². The molecule has 4 aliphatic rings. The number of Topliss-reactive ketones (excluding diaryl/α,β-unsaturated/α-hetero) is 1. The lowest BCUT2D eigenvalue weighted by Crippen LogP contribution is -2.55. The molecule has 7 atom stereocenters. The maximum absolute atomic E-state index is 12.4. The fourth-order valence-electron chi connectivity index (χ4n) is 8.06. The predicted molar refractivity (Wildman–Crippen MR) is 109 cm³/mol. The van der Waals surface area contributed by atoms with Crippen molar-refractivity contribution >= 4 is 11.4 Å². The quantitative estimate of drug-likeness (QED) is 0.619. The fraction of sp³-hybridized carbons (Fsp3) is 0.680. The summed E-state index contributed by atoms with van der Waals surface area (Å²) in [5.41, 5.74) is 3.58. The number of hydrogen-bond donors (Lipinski definition) is 0. The predicted octanol–water partition coefficient (Wildman–Crippen LogP) is 5.93. The summed E-state index contributed by atoms with van der Waals surface area (Å²) in [6, 6.07) is 4.32. The van der Waals surface area contributed by atoms with Crippen LogP contribution in [-0.2, 0) is 4.79 Å². The summed E-state index contributed by atoms with van der Waals surface area (Å²) in [6.45, 7) is 7.29. The minimum atomic E-state index is 0.283. The number of allylic oxidation sites excluding steroid dienone is 2. The molecule has 1 aromatic heterocycles. The Labute approximate surface area is 163 Å². The number of hydrogen-bond acceptors (Lipinski definition) is 2. The first-order chi connectivity index (χ1) is 12.9. The summed E-state index contributed by atoms with van der Waals surface area (Å²) < 4.78 is 0.